The van der Waals surface area contributed by atoms with Crippen LogP contribution in [0.25, 0.3) is 11.2 Å². The van der Waals surface area contributed by atoms with Gasteiger partial charge >= 0.3 is 13.7 Å². The van der Waals surface area contributed by atoms with Crippen LogP contribution in [0.4, 0.5) is 5.95 Å². The lowest BCUT2D eigenvalue weighted by Crippen LogP contribution is -2.42. The standard InChI is InChI=1S/C24H27Cl2N6O7P/c1-14(2)37-21(34)15(3)31-40(35,39-16-7-5-4-6-8-16)36-12-18-19(33)24(26,9-10-25)22(38-18)32-13-29-17-11-28-23(27)30-20(17)32/h4-8,11,13-15,18-19,22,33H,12H2,1-3H3,(H,31,35)(H2,27,28,30)/t15?,18?,19?,22-,24-,40?/m1/s1. The summed E-state index contributed by atoms with van der Waals surface area (Å²) in [6.07, 6.45) is -1.48. The lowest BCUT2D eigenvalue weighted by Gasteiger charge is -2.26. The van der Waals surface area contributed by atoms with Gasteiger partial charge in [-0.1, -0.05) is 35.7 Å². The van der Waals surface area contributed by atoms with Crippen molar-refractivity contribution in [3.63, 3.8) is 0 Å². The fraction of sp³-hybridized carbons (Fsp3) is 0.417. The Kier molecular flexibility index (Phi) is 9.22. The van der Waals surface area contributed by atoms with Gasteiger partial charge in [0.15, 0.2) is 16.7 Å². The molecule has 1 aromatic carbocycles. The van der Waals surface area contributed by atoms with Gasteiger partial charge in [-0.25, -0.2) is 14.5 Å². The Hall–Kier alpha value is -2.95. The van der Waals surface area contributed by atoms with E-state index in [1.807, 2.05) is 0 Å². The van der Waals surface area contributed by atoms with Crippen molar-refractivity contribution in [3.05, 3.63) is 42.9 Å². The van der Waals surface area contributed by atoms with Gasteiger partial charge in [-0.2, -0.15) is 10.1 Å². The van der Waals surface area contributed by atoms with Gasteiger partial charge in [0.2, 0.25) is 5.95 Å². The summed E-state index contributed by atoms with van der Waals surface area (Å²) < 4.78 is 37.8. The number of benzene rings is 1. The molecular weight excluding hydrogens is 586 g/mol. The summed E-state index contributed by atoms with van der Waals surface area (Å²) in [5.41, 5.74) is 6.39. The Morgan fingerprint density at radius 3 is 2.73 bits per heavy atom. The Morgan fingerprint density at radius 2 is 2.05 bits per heavy atom. The Balaban J connectivity index is 1.59. The van der Waals surface area contributed by atoms with E-state index in [1.165, 1.54) is 24.0 Å². The summed E-state index contributed by atoms with van der Waals surface area (Å²) in [4.78, 5) is 22.9. The minimum absolute atomic E-state index is 0.0218. The normalized spacial score (nSPS) is 24.7. The number of nitrogens with one attached hydrogen (secondary N) is 1. The third-order valence-corrected chi connectivity index (χ3v) is 7.95. The Morgan fingerprint density at radius 1 is 1.32 bits per heavy atom. The molecule has 0 bridgehead atoms. The number of imidazole rings is 1. The van der Waals surface area contributed by atoms with Crippen molar-refractivity contribution in [2.75, 3.05) is 12.3 Å². The summed E-state index contributed by atoms with van der Waals surface area (Å²) in [7, 11) is -4.26. The first-order valence-corrected chi connectivity index (χ1v) is 14.3. The zero-order chi connectivity index (χ0) is 29.1. The van der Waals surface area contributed by atoms with Crippen molar-refractivity contribution in [1.29, 1.82) is 0 Å². The van der Waals surface area contributed by atoms with Crippen LogP contribution in [0.1, 0.15) is 27.0 Å². The second-order valence-corrected chi connectivity index (χ2v) is 11.6. The van der Waals surface area contributed by atoms with Crippen LogP contribution in [-0.2, 0) is 23.4 Å². The van der Waals surface area contributed by atoms with Crippen LogP contribution in [0, 0.1) is 11.3 Å². The molecule has 4 N–H and O–H groups in total. The van der Waals surface area contributed by atoms with Gasteiger partial charge in [-0.3, -0.25) is 13.9 Å². The number of aliphatic hydroxyl groups excluding tert-OH is 1. The number of nitrogens with two attached hydrogens (primary N) is 1. The van der Waals surface area contributed by atoms with Gasteiger partial charge in [0.05, 0.1) is 25.2 Å². The molecule has 3 heterocycles. The van der Waals surface area contributed by atoms with Crippen LogP contribution in [0.3, 0.4) is 0 Å². The van der Waals surface area contributed by atoms with E-state index < -0.39 is 55.8 Å². The van der Waals surface area contributed by atoms with E-state index in [4.69, 9.17) is 47.5 Å². The molecule has 0 radical (unpaired) electrons. The average Bonchev–Trinajstić information content (AvgIpc) is 3.41. The molecule has 0 amide bonds. The predicted molar refractivity (Wildman–Crippen MR) is 146 cm³/mol. The number of carbonyl (C=O) groups excluding carboxylic acids is 1. The molecule has 40 heavy (non-hydrogen) atoms. The van der Waals surface area contributed by atoms with Crippen molar-refractivity contribution >= 4 is 54.0 Å². The second-order valence-electron chi connectivity index (χ2n) is 9.08. The highest BCUT2D eigenvalue weighted by Gasteiger charge is 2.56. The molecule has 2 aromatic heterocycles. The molecule has 16 heteroatoms. The number of hydrogen-bond acceptors (Lipinski definition) is 11. The topological polar surface area (TPSA) is 173 Å². The average molecular weight is 613 g/mol. The molecule has 214 valence electrons. The van der Waals surface area contributed by atoms with Crippen molar-refractivity contribution in [3.8, 4) is 17.0 Å². The van der Waals surface area contributed by atoms with E-state index in [0.29, 0.717) is 5.52 Å². The highest BCUT2D eigenvalue weighted by atomic mass is 35.5. The predicted octanol–water partition coefficient (Wildman–Crippen LogP) is 2.98. The van der Waals surface area contributed by atoms with Gasteiger partial charge in [-0.05, 0) is 44.5 Å². The maximum absolute atomic E-state index is 13.8. The fourth-order valence-corrected chi connectivity index (χ4v) is 5.93. The van der Waals surface area contributed by atoms with Crippen molar-refractivity contribution in [2.24, 2.45) is 0 Å². The molecule has 4 unspecified atom stereocenters. The molecule has 3 aromatic rings. The molecule has 1 aliphatic heterocycles. The van der Waals surface area contributed by atoms with E-state index in [-0.39, 0.29) is 17.3 Å². The number of hydrogen-bond donors (Lipinski definition) is 3. The highest BCUT2D eigenvalue weighted by Crippen LogP contribution is 2.48. The molecule has 0 aliphatic carbocycles. The number of alkyl halides is 1. The van der Waals surface area contributed by atoms with E-state index >= 15 is 0 Å². The van der Waals surface area contributed by atoms with Gasteiger partial charge in [0.25, 0.3) is 0 Å². The largest absolute Gasteiger partial charge is 0.462 e. The van der Waals surface area contributed by atoms with Crippen LogP contribution in [0.2, 0.25) is 0 Å². The highest BCUT2D eigenvalue weighted by molar-refractivity contribution is 7.52. The van der Waals surface area contributed by atoms with E-state index in [0.717, 1.165) is 0 Å². The maximum Gasteiger partial charge on any atom is 0.459 e. The lowest BCUT2D eigenvalue weighted by molar-refractivity contribution is -0.149. The SMILES string of the molecule is CC(C)OC(=O)C(C)NP(=O)(OCC1O[C@@H](n2cnc3cnc(N)nc32)[C@@](Cl)(C#CCl)C1O)Oc1ccccc1. The van der Waals surface area contributed by atoms with Crippen LogP contribution in [-0.4, -0.2) is 66.4 Å². The minimum Gasteiger partial charge on any atom is -0.462 e. The first-order valence-electron chi connectivity index (χ1n) is 12.0. The quantitative estimate of drug-likeness (QED) is 0.132. The van der Waals surface area contributed by atoms with E-state index in [9.17, 15) is 14.5 Å². The smallest absolute Gasteiger partial charge is 0.459 e. The lowest BCUT2D eigenvalue weighted by atomic mass is 9.99. The Bertz CT molecular complexity index is 1470. The number of esters is 1. The third-order valence-electron chi connectivity index (χ3n) is 5.71. The maximum atomic E-state index is 13.8. The van der Waals surface area contributed by atoms with Crippen LogP contribution < -0.4 is 15.3 Å². The van der Waals surface area contributed by atoms with Crippen LogP contribution >= 0.6 is 30.9 Å². The van der Waals surface area contributed by atoms with E-state index in [2.05, 4.69) is 31.3 Å². The molecule has 0 saturated carbocycles. The molecule has 6 atom stereocenters. The number of rotatable bonds is 10. The number of nitrogen functional groups attached to an aromatic ring is 1. The monoisotopic (exact) mass is 612 g/mol. The number of nitrogens with zero attached hydrogens (tertiary/aromatic N) is 4. The number of ether oxygens (including phenoxy) is 2. The Labute approximate surface area is 239 Å². The van der Waals surface area contributed by atoms with Crippen LogP contribution in [0.15, 0.2) is 42.9 Å². The molecule has 4 rings (SSSR count). The first kappa shape index (κ1) is 30.0. The zero-order valence-electron chi connectivity index (χ0n) is 21.6. The fourth-order valence-electron chi connectivity index (χ4n) is 3.88. The van der Waals surface area contributed by atoms with Gasteiger partial charge in [0, 0.05) is 5.38 Å². The molecular formula is C24H27Cl2N6O7P. The van der Waals surface area contributed by atoms with Crippen molar-refractivity contribution < 1.29 is 33.0 Å². The van der Waals surface area contributed by atoms with Crippen molar-refractivity contribution in [2.45, 2.75) is 56.2 Å². The molecule has 1 saturated heterocycles. The molecule has 13 nitrogen and oxygen atoms in total. The van der Waals surface area contributed by atoms with Gasteiger partial charge < -0.3 is 24.8 Å². The second kappa shape index (κ2) is 12.3. The number of fused-ring (bicyclic) bond motifs is 1. The van der Waals surface area contributed by atoms with Gasteiger partial charge in [-0.15, -0.1) is 0 Å². The van der Waals surface area contributed by atoms with Crippen molar-refractivity contribution in [1.82, 2.24) is 24.6 Å². The first-order chi connectivity index (χ1) is 19.0. The molecule has 1 fully saturated rings. The number of para-hydroxylation sites is 1. The van der Waals surface area contributed by atoms with Crippen LogP contribution in [0.5, 0.6) is 5.75 Å². The summed E-state index contributed by atoms with van der Waals surface area (Å²) in [6.45, 7) is 4.32. The summed E-state index contributed by atoms with van der Waals surface area (Å²) in [5, 5.41) is 15.9. The third kappa shape index (κ3) is 6.50. The number of halogens is 2. The molecule has 0 spiro atoms. The number of aliphatic hydroxyl groups is 1. The number of anilines is 1. The molecule has 1 aliphatic rings. The number of carbonyl (C=O) groups is 1. The summed E-state index contributed by atoms with van der Waals surface area (Å²) in [6, 6.07) is 7.13. The van der Waals surface area contributed by atoms with Gasteiger partial charge in [0.1, 0.15) is 29.5 Å². The minimum atomic E-state index is -4.26. The zero-order valence-corrected chi connectivity index (χ0v) is 24.0. The summed E-state index contributed by atoms with van der Waals surface area (Å²) in [5.74, 6) is 2.08. The van der Waals surface area contributed by atoms with E-state index in [1.54, 1.807) is 44.2 Å². The summed E-state index contributed by atoms with van der Waals surface area (Å²) >= 11 is 12.5. The number of aromatic nitrogens is 4.